The lowest BCUT2D eigenvalue weighted by atomic mass is 10.2. The van der Waals surface area contributed by atoms with Crippen LogP contribution < -0.4 is 4.90 Å². The normalized spacial score (nSPS) is 9.50. The van der Waals surface area contributed by atoms with E-state index < -0.39 is 0 Å². The van der Waals surface area contributed by atoms with Crippen LogP contribution in [0.5, 0.6) is 0 Å². The summed E-state index contributed by atoms with van der Waals surface area (Å²) in [7, 11) is 3.95. The molecule has 2 rings (SSSR count). The van der Waals surface area contributed by atoms with E-state index in [4.69, 9.17) is 4.42 Å². The summed E-state index contributed by atoms with van der Waals surface area (Å²) in [5, 5.41) is 0.957. The van der Waals surface area contributed by atoms with Gasteiger partial charge in [0.2, 0.25) is 0 Å². The van der Waals surface area contributed by atoms with Gasteiger partial charge in [-0.05, 0) is 24.3 Å². The minimum absolute atomic E-state index is 0.371. The zero-order chi connectivity index (χ0) is 12.1. The number of rotatable bonds is 2. The van der Waals surface area contributed by atoms with Crippen molar-refractivity contribution in [3.05, 3.63) is 30.0 Å². The van der Waals surface area contributed by atoms with Gasteiger partial charge >= 0.3 is 0 Å². The zero-order valence-electron chi connectivity index (χ0n) is 10.2. The molecule has 0 amide bonds. The smallest absolute Gasteiger partial charge is 0.185 e. The van der Waals surface area contributed by atoms with Gasteiger partial charge in [-0.3, -0.25) is 4.79 Å². The van der Waals surface area contributed by atoms with Crippen LogP contribution in [0.3, 0.4) is 0 Å². The van der Waals surface area contributed by atoms with E-state index in [1.807, 2.05) is 51.0 Å². The average molecular weight is 219 g/mol. The fraction of sp³-hybridized carbons (Fsp3) is 0.308. The quantitative estimate of drug-likeness (QED) is 0.726. The van der Waals surface area contributed by atoms with E-state index in [-0.39, 0.29) is 0 Å². The van der Waals surface area contributed by atoms with Gasteiger partial charge in [-0.25, -0.2) is 0 Å². The molecule has 0 aliphatic heterocycles. The van der Waals surface area contributed by atoms with Crippen LogP contribution >= 0.6 is 0 Å². The minimum Gasteiger partial charge on any atom is -0.453 e. The molecule has 16 heavy (non-hydrogen) atoms. The number of carbonyl (C=O) groups is 1. The molecule has 0 fully saturated rings. The Morgan fingerprint density at radius 3 is 2.44 bits per heavy atom. The van der Waals surface area contributed by atoms with Crippen LogP contribution in [0, 0.1) is 0 Å². The fourth-order valence-electron chi connectivity index (χ4n) is 1.39. The van der Waals surface area contributed by atoms with E-state index in [0.717, 1.165) is 22.9 Å². The van der Waals surface area contributed by atoms with E-state index in [1.165, 1.54) is 0 Å². The molecule has 2 aromatic rings. The van der Waals surface area contributed by atoms with Gasteiger partial charge in [0.1, 0.15) is 5.58 Å². The van der Waals surface area contributed by atoms with Crippen molar-refractivity contribution in [2.75, 3.05) is 19.0 Å². The monoisotopic (exact) mass is 219 g/mol. The molecule has 1 aromatic carbocycles. The number of fused-ring (bicyclic) bond motifs is 1. The van der Waals surface area contributed by atoms with Gasteiger partial charge in [-0.2, -0.15) is 0 Å². The van der Waals surface area contributed by atoms with Crippen LogP contribution in [0.25, 0.3) is 11.0 Å². The van der Waals surface area contributed by atoms with E-state index in [9.17, 15) is 4.79 Å². The number of benzene rings is 1. The van der Waals surface area contributed by atoms with Gasteiger partial charge in [0.05, 0.1) is 0 Å². The standard InChI is InChI=1S/C11H11NO2.C2H6/c1-12(2)9-3-4-11-8(5-9)6-10(7-13)14-11;1-2/h3-7H,1-2H3;1-2H3. The van der Waals surface area contributed by atoms with Crippen LogP contribution in [0.4, 0.5) is 5.69 Å². The Hall–Kier alpha value is -1.77. The molecule has 0 saturated carbocycles. The maximum atomic E-state index is 10.5. The summed E-state index contributed by atoms with van der Waals surface area (Å²) < 4.78 is 5.27. The summed E-state index contributed by atoms with van der Waals surface area (Å²) in [6.07, 6.45) is 0.718. The number of aldehydes is 1. The van der Waals surface area contributed by atoms with E-state index in [1.54, 1.807) is 6.07 Å². The highest BCUT2D eigenvalue weighted by atomic mass is 16.3. The number of hydrogen-bond donors (Lipinski definition) is 0. The van der Waals surface area contributed by atoms with Gasteiger partial charge in [0, 0.05) is 25.2 Å². The zero-order valence-corrected chi connectivity index (χ0v) is 10.2. The molecule has 1 heterocycles. The molecular formula is C13H17NO2. The minimum atomic E-state index is 0.371. The highest BCUT2D eigenvalue weighted by Gasteiger charge is 2.03. The van der Waals surface area contributed by atoms with Crippen molar-refractivity contribution in [3.63, 3.8) is 0 Å². The highest BCUT2D eigenvalue weighted by Crippen LogP contribution is 2.23. The van der Waals surface area contributed by atoms with Gasteiger partial charge in [0.25, 0.3) is 0 Å². The molecule has 0 radical (unpaired) electrons. The predicted molar refractivity (Wildman–Crippen MR) is 67.3 cm³/mol. The topological polar surface area (TPSA) is 33.5 Å². The van der Waals surface area contributed by atoms with Crippen molar-refractivity contribution in [2.24, 2.45) is 0 Å². The highest BCUT2D eigenvalue weighted by molar-refractivity contribution is 5.87. The first-order valence-electron chi connectivity index (χ1n) is 5.37. The van der Waals surface area contributed by atoms with Crippen molar-refractivity contribution in [3.8, 4) is 0 Å². The Morgan fingerprint density at radius 1 is 1.19 bits per heavy atom. The lowest BCUT2D eigenvalue weighted by molar-refractivity contribution is 0.110. The molecule has 0 saturated heterocycles. The molecule has 1 aromatic heterocycles. The van der Waals surface area contributed by atoms with Crippen LogP contribution in [0.1, 0.15) is 24.4 Å². The van der Waals surface area contributed by atoms with Crippen LogP contribution in [-0.4, -0.2) is 20.4 Å². The first kappa shape index (κ1) is 12.3. The lowest BCUT2D eigenvalue weighted by Crippen LogP contribution is -2.07. The molecule has 0 bridgehead atoms. The first-order chi connectivity index (χ1) is 7.70. The molecule has 0 aliphatic rings. The van der Waals surface area contributed by atoms with Gasteiger partial charge < -0.3 is 9.32 Å². The molecule has 3 heteroatoms. The molecule has 0 aliphatic carbocycles. The summed E-state index contributed by atoms with van der Waals surface area (Å²) in [5.41, 5.74) is 1.84. The average Bonchev–Trinajstić information content (AvgIpc) is 2.73. The Kier molecular flexibility index (Phi) is 4.11. The molecule has 0 atom stereocenters. The third-order valence-corrected chi connectivity index (χ3v) is 2.15. The third-order valence-electron chi connectivity index (χ3n) is 2.15. The summed E-state index contributed by atoms with van der Waals surface area (Å²) >= 11 is 0. The van der Waals surface area contributed by atoms with Gasteiger partial charge in [-0.1, -0.05) is 13.8 Å². The third kappa shape index (κ3) is 2.42. The van der Waals surface area contributed by atoms with Crippen molar-refractivity contribution in [1.29, 1.82) is 0 Å². The second-order valence-electron chi connectivity index (χ2n) is 3.38. The largest absolute Gasteiger partial charge is 0.453 e. The summed E-state index contributed by atoms with van der Waals surface area (Å²) in [4.78, 5) is 12.5. The number of hydrogen-bond acceptors (Lipinski definition) is 3. The van der Waals surface area contributed by atoms with E-state index >= 15 is 0 Å². The number of anilines is 1. The van der Waals surface area contributed by atoms with Crippen molar-refractivity contribution >= 4 is 22.9 Å². The first-order valence-corrected chi connectivity index (χ1v) is 5.37. The molecule has 0 N–H and O–H groups in total. The van der Waals surface area contributed by atoms with E-state index in [0.29, 0.717) is 5.76 Å². The number of nitrogens with zero attached hydrogens (tertiary/aromatic N) is 1. The second kappa shape index (κ2) is 5.35. The number of furan rings is 1. The Labute approximate surface area is 95.7 Å². The summed E-state index contributed by atoms with van der Waals surface area (Å²) in [5.74, 6) is 0.371. The van der Waals surface area contributed by atoms with Gasteiger partial charge in [0.15, 0.2) is 12.0 Å². The molecule has 0 spiro atoms. The molecule has 3 nitrogen and oxygen atoms in total. The summed E-state index contributed by atoms with van der Waals surface area (Å²) in [6, 6.07) is 7.57. The SMILES string of the molecule is CC.CN(C)c1ccc2oc(C=O)cc2c1. The van der Waals surface area contributed by atoms with E-state index in [2.05, 4.69) is 0 Å². The van der Waals surface area contributed by atoms with Crippen LogP contribution in [0.15, 0.2) is 28.7 Å². The Bertz CT molecular complexity index is 472. The van der Waals surface area contributed by atoms with Gasteiger partial charge in [-0.15, -0.1) is 0 Å². The van der Waals surface area contributed by atoms with Crippen LogP contribution in [-0.2, 0) is 0 Å². The molecular weight excluding hydrogens is 202 g/mol. The maximum Gasteiger partial charge on any atom is 0.185 e. The maximum absolute atomic E-state index is 10.5. The van der Waals surface area contributed by atoms with Crippen molar-refractivity contribution in [1.82, 2.24) is 0 Å². The molecule has 86 valence electrons. The molecule has 0 unspecified atom stereocenters. The fourth-order valence-corrected chi connectivity index (χ4v) is 1.39. The van der Waals surface area contributed by atoms with Crippen LogP contribution in [0.2, 0.25) is 0 Å². The van der Waals surface area contributed by atoms with Crippen molar-refractivity contribution in [2.45, 2.75) is 13.8 Å². The number of carbonyl (C=O) groups excluding carboxylic acids is 1. The summed E-state index contributed by atoms with van der Waals surface area (Å²) in [6.45, 7) is 4.00. The van der Waals surface area contributed by atoms with Crippen molar-refractivity contribution < 1.29 is 9.21 Å². The Balaban J connectivity index is 0.000000606. The Morgan fingerprint density at radius 2 is 1.88 bits per heavy atom. The second-order valence-corrected chi connectivity index (χ2v) is 3.38. The predicted octanol–water partition coefficient (Wildman–Crippen LogP) is 3.34. The lowest BCUT2D eigenvalue weighted by Gasteiger charge is -2.11.